The van der Waals surface area contributed by atoms with Gasteiger partial charge in [0.05, 0.1) is 10.7 Å². The molecular formula is C18H21ClFN3O. The van der Waals surface area contributed by atoms with Crippen molar-refractivity contribution in [2.45, 2.75) is 38.6 Å². The molecule has 0 bridgehead atoms. The van der Waals surface area contributed by atoms with Crippen molar-refractivity contribution in [1.82, 2.24) is 10.3 Å². The second-order valence-electron chi connectivity index (χ2n) is 6.19. The number of pyridine rings is 1. The maximum atomic E-state index is 14.9. The Hall–Kier alpha value is -1.88. The maximum Gasteiger partial charge on any atom is 0.220 e. The number of fused-ring (bicyclic) bond motifs is 1. The van der Waals surface area contributed by atoms with Crippen molar-refractivity contribution in [2.75, 3.05) is 18.0 Å². The Morgan fingerprint density at radius 3 is 3.08 bits per heavy atom. The largest absolute Gasteiger partial charge is 0.367 e. The number of carbonyl (C=O) groups is 1. The first-order valence-corrected chi connectivity index (χ1v) is 8.75. The lowest BCUT2D eigenvalue weighted by Gasteiger charge is -2.35. The number of amides is 1. The molecule has 1 saturated heterocycles. The fourth-order valence-corrected chi connectivity index (χ4v) is 3.43. The third kappa shape index (κ3) is 3.46. The minimum absolute atomic E-state index is 0.0558. The first kappa shape index (κ1) is 17.0. The van der Waals surface area contributed by atoms with Gasteiger partial charge in [0.15, 0.2) is 5.82 Å². The highest BCUT2D eigenvalue weighted by atomic mass is 35.5. The molecule has 1 aromatic carbocycles. The smallest absolute Gasteiger partial charge is 0.220 e. The van der Waals surface area contributed by atoms with E-state index in [2.05, 4.69) is 10.3 Å². The zero-order chi connectivity index (χ0) is 17.1. The average Bonchev–Trinajstić information content (AvgIpc) is 2.56. The number of hydrogen-bond donors (Lipinski definition) is 1. The Morgan fingerprint density at radius 2 is 2.29 bits per heavy atom. The van der Waals surface area contributed by atoms with Gasteiger partial charge >= 0.3 is 0 Å². The molecule has 1 aliphatic rings. The molecule has 2 heterocycles. The lowest BCUT2D eigenvalue weighted by molar-refractivity contribution is -0.121. The van der Waals surface area contributed by atoms with Crippen LogP contribution < -0.4 is 10.2 Å². The number of nitrogens with zero attached hydrogens (tertiary/aromatic N) is 2. The highest BCUT2D eigenvalue weighted by Gasteiger charge is 2.24. The highest BCUT2D eigenvalue weighted by Crippen LogP contribution is 2.31. The molecule has 1 unspecified atom stereocenters. The van der Waals surface area contributed by atoms with Crippen molar-refractivity contribution < 1.29 is 9.18 Å². The number of aromatic nitrogens is 1. The molecule has 0 spiro atoms. The van der Waals surface area contributed by atoms with E-state index in [0.717, 1.165) is 25.8 Å². The average molecular weight is 350 g/mol. The summed E-state index contributed by atoms with van der Waals surface area (Å²) < 4.78 is 14.9. The highest BCUT2D eigenvalue weighted by molar-refractivity contribution is 6.35. The molecular weight excluding hydrogens is 329 g/mol. The van der Waals surface area contributed by atoms with Crippen molar-refractivity contribution in [3.8, 4) is 0 Å². The van der Waals surface area contributed by atoms with Crippen LogP contribution in [0.2, 0.25) is 5.02 Å². The van der Waals surface area contributed by atoms with Crippen LogP contribution in [0.15, 0.2) is 24.4 Å². The summed E-state index contributed by atoms with van der Waals surface area (Å²) in [4.78, 5) is 17.9. The van der Waals surface area contributed by atoms with Gasteiger partial charge in [-0.25, -0.2) is 4.39 Å². The van der Waals surface area contributed by atoms with Crippen LogP contribution in [0.1, 0.15) is 32.6 Å². The minimum Gasteiger partial charge on any atom is -0.367 e. The summed E-state index contributed by atoms with van der Waals surface area (Å²) in [7, 11) is 0. The molecule has 6 heteroatoms. The predicted molar refractivity (Wildman–Crippen MR) is 95.0 cm³/mol. The van der Waals surface area contributed by atoms with Crippen molar-refractivity contribution >= 4 is 34.1 Å². The molecule has 3 rings (SSSR count). The van der Waals surface area contributed by atoms with Crippen LogP contribution in [0.5, 0.6) is 0 Å². The zero-order valence-corrected chi connectivity index (χ0v) is 14.4. The van der Waals surface area contributed by atoms with E-state index >= 15 is 0 Å². The molecule has 128 valence electrons. The van der Waals surface area contributed by atoms with Gasteiger partial charge < -0.3 is 10.2 Å². The van der Waals surface area contributed by atoms with E-state index in [1.807, 2.05) is 17.9 Å². The van der Waals surface area contributed by atoms with Gasteiger partial charge in [0.25, 0.3) is 0 Å². The Kier molecular flexibility index (Phi) is 5.19. The number of halogens is 2. The Labute approximate surface area is 146 Å². The molecule has 1 atom stereocenters. The van der Waals surface area contributed by atoms with Crippen molar-refractivity contribution in [2.24, 2.45) is 0 Å². The summed E-state index contributed by atoms with van der Waals surface area (Å²) in [6.07, 6.45) is 4.71. The van der Waals surface area contributed by atoms with E-state index in [1.54, 1.807) is 12.1 Å². The van der Waals surface area contributed by atoms with Crippen LogP contribution in [0.3, 0.4) is 0 Å². The summed E-state index contributed by atoms with van der Waals surface area (Å²) in [6.45, 7) is 3.36. The molecule has 4 nitrogen and oxygen atoms in total. The van der Waals surface area contributed by atoms with Crippen LogP contribution in [-0.4, -0.2) is 30.0 Å². The van der Waals surface area contributed by atoms with Gasteiger partial charge in [-0.3, -0.25) is 9.78 Å². The minimum atomic E-state index is -0.351. The zero-order valence-electron chi connectivity index (χ0n) is 13.7. The van der Waals surface area contributed by atoms with Gasteiger partial charge in [0, 0.05) is 37.1 Å². The monoisotopic (exact) mass is 349 g/mol. The third-order valence-electron chi connectivity index (χ3n) is 4.38. The normalized spacial score (nSPS) is 18.0. The maximum absolute atomic E-state index is 14.9. The summed E-state index contributed by atoms with van der Waals surface area (Å²) in [6, 6.07) is 5.27. The summed E-state index contributed by atoms with van der Waals surface area (Å²) in [5.41, 5.74) is 0.809. The summed E-state index contributed by atoms with van der Waals surface area (Å²) in [5.74, 6) is -0.285. The van der Waals surface area contributed by atoms with Gasteiger partial charge in [0.2, 0.25) is 5.91 Å². The van der Waals surface area contributed by atoms with E-state index in [9.17, 15) is 9.18 Å². The van der Waals surface area contributed by atoms with E-state index in [4.69, 9.17) is 11.6 Å². The summed E-state index contributed by atoms with van der Waals surface area (Å²) >= 11 is 6.11. The van der Waals surface area contributed by atoms with Crippen LogP contribution in [-0.2, 0) is 4.79 Å². The van der Waals surface area contributed by atoms with E-state index in [-0.39, 0.29) is 23.3 Å². The molecule has 1 amide bonds. The number of carbonyl (C=O) groups excluding carboxylic acids is 1. The first-order chi connectivity index (χ1) is 11.6. The number of nitrogens with one attached hydrogen (secondary N) is 1. The lowest BCUT2D eigenvalue weighted by atomic mass is 10.0. The number of anilines is 1. The van der Waals surface area contributed by atoms with Gasteiger partial charge in [0.1, 0.15) is 5.52 Å². The second-order valence-corrected chi connectivity index (χ2v) is 6.60. The van der Waals surface area contributed by atoms with Crippen LogP contribution in [0, 0.1) is 5.82 Å². The molecule has 1 aromatic heterocycles. The molecule has 2 aromatic rings. The molecule has 1 aliphatic heterocycles. The Morgan fingerprint density at radius 1 is 1.46 bits per heavy atom. The van der Waals surface area contributed by atoms with Crippen molar-refractivity contribution in [3.05, 3.63) is 35.2 Å². The fourth-order valence-electron chi connectivity index (χ4n) is 3.22. The van der Waals surface area contributed by atoms with Gasteiger partial charge in [-0.15, -0.1) is 0 Å². The quantitative estimate of drug-likeness (QED) is 0.910. The predicted octanol–water partition coefficient (Wildman–Crippen LogP) is 3.91. The molecule has 1 fully saturated rings. The summed E-state index contributed by atoms with van der Waals surface area (Å²) in [5, 5.41) is 4.16. The van der Waals surface area contributed by atoms with Crippen LogP contribution >= 0.6 is 11.6 Å². The van der Waals surface area contributed by atoms with Crippen LogP contribution in [0.25, 0.3) is 10.9 Å². The van der Waals surface area contributed by atoms with Gasteiger partial charge in [-0.2, -0.15) is 0 Å². The Bertz CT molecular complexity index is 752. The van der Waals surface area contributed by atoms with E-state index < -0.39 is 0 Å². The third-order valence-corrected chi connectivity index (χ3v) is 4.71. The van der Waals surface area contributed by atoms with E-state index in [0.29, 0.717) is 29.1 Å². The standard InChI is InChI=1S/C18H21ClFN3O/c1-2-4-16(24)22-12-5-3-10-23(11-12)15-7-6-13-14(19)8-9-21-18(13)17(15)20/h6-9,12H,2-5,10-11H2,1H3,(H,22,24). The first-order valence-electron chi connectivity index (χ1n) is 8.37. The molecule has 0 radical (unpaired) electrons. The van der Waals surface area contributed by atoms with E-state index in [1.165, 1.54) is 6.20 Å². The topological polar surface area (TPSA) is 45.2 Å². The SMILES string of the molecule is CCCC(=O)NC1CCCN(c2ccc3c(Cl)ccnc3c2F)C1. The second kappa shape index (κ2) is 7.34. The van der Waals surface area contributed by atoms with Crippen LogP contribution in [0.4, 0.5) is 10.1 Å². The lowest BCUT2D eigenvalue weighted by Crippen LogP contribution is -2.48. The number of benzene rings is 1. The molecule has 0 saturated carbocycles. The number of hydrogen-bond acceptors (Lipinski definition) is 3. The van der Waals surface area contributed by atoms with Gasteiger partial charge in [-0.1, -0.05) is 18.5 Å². The molecule has 0 aliphatic carbocycles. The fraction of sp³-hybridized carbons (Fsp3) is 0.444. The number of piperidine rings is 1. The Balaban J connectivity index is 1.82. The molecule has 24 heavy (non-hydrogen) atoms. The van der Waals surface area contributed by atoms with Gasteiger partial charge in [-0.05, 0) is 37.5 Å². The van der Waals surface area contributed by atoms with Crippen molar-refractivity contribution in [1.29, 1.82) is 0 Å². The van der Waals surface area contributed by atoms with Crippen molar-refractivity contribution in [3.63, 3.8) is 0 Å². The molecule has 1 N–H and O–H groups in total. The number of rotatable bonds is 4.